The minimum Gasteiger partial charge on any atom is -0.496 e. The monoisotopic (exact) mass is 258 g/mol. The predicted molar refractivity (Wildman–Crippen MR) is 74.6 cm³/mol. The maximum absolute atomic E-state index is 11.2. The first kappa shape index (κ1) is 13.3. The maximum Gasteiger partial charge on any atom is 0.153 e. The molecule has 100 valence electrons. The summed E-state index contributed by atoms with van der Waals surface area (Å²) in [5.74, 6) is 0.713. The zero-order valence-electron chi connectivity index (χ0n) is 11.7. The molecule has 0 radical (unpaired) electrons. The second-order valence-electron chi connectivity index (χ2n) is 5.37. The van der Waals surface area contributed by atoms with Crippen LogP contribution in [0.4, 0.5) is 0 Å². The lowest BCUT2D eigenvalue weighted by molar-refractivity contribution is 0.112. The fourth-order valence-electron chi connectivity index (χ4n) is 1.87. The molecule has 0 unspecified atom stereocenters. The Labute approximate surface area is 113 Å². The number of benzene rings is 1. The molecule has 1 aromatic carbocycles. The van der Waals surface area contributed by atoms with Gasteiger partial charge in [0.05, 0.1) is 18.2 Å². The number of para-hydroxylation sites is 1. The first-order valence-electron chi connectivity index (χ1n) is 6.16. The zero-order valence-corrected chi connectivity index (χ0v) is 11.7. The molecule has 0 N–H and O–H groups in total. The Hall–Kier alpha value is -2.10. The highest BCUT2D eigenvalue weighted by Crippen LogP contribution is 2.31. The lowest BCUT2D eigenvalue weighted by Gasteiger charge is -2.18. The van der Waals surface area contributed by atoms with Crippen LogP contribution in [-0.4, -0.2) is 23.2 Å². The van der Waals surface area contributed by atoms with Crippen molar-refractivity contribution in [2.45, 2.75) is 26.3 Å². The van der Waals surface area contributed by atoms with E-state index in [1.807, 2.05) is 45.0 Å². The second-order valence-corrected chi connectivity index (χ2v) is 5.37. The number of aldehydes is 1. The van der Waals surface area contributed by atoms with Crippen LogP contribution in [0, 0.1) is 0 Å². The fraction of sp³-hybridized carbons (Fsp3) is 0.333. The van der Waals surface area contributed by atoms with Crippen LogP contribution in [0.2, 0.25) is 0 Å². The lowest BCUT2D eigenvalue weighted by atomic mass is 10.1. The Morgan fingerprint density at radius 1 is 1.26 bits per heavy atom. The van der Waals surface area contributed by atoms with E-state index in [-0.39, 0.29) is 5.54 Å². The molecule has 0 fully saturated rings. The number of carbonyl (C=O) groups is 1. The van der Waals surface area contributed by atoms with Crippen molar-refractivity contribution in [2.24, 2.45) is 0 Å². The van der Waals surface area contributed by atoms with Gasteiger partial charge < -0.3 is 4.74 Å². The largest absolute Gasteiger partial charge is 0.496 e. The van der Waals surface area contributed by atoms with E-state index in [1.54, 1.807) is 18.0 Å². The first-order chi connectivity index (χ1) is 8.97. The van der Waals surface area contributed by atoms with Crippen molar-refractivity contribution in [2.75, 3.05) is 7.11 Å². The Bertz CT molecular complexity index is 594. The lowest BCUT2D eigenvalue weighted by Crippen LogP contribution is -2.22. The van der Waals surface area contributed by atoms with Gasteiger partial charge in [-0.15, -0.1) is 0 Å². The normalized spacial score (nSPS) is 11.4. The van der Waals surface area contributed by atoms with Crippen LogP contribution in [0.5, 0.6) is 5.75 Å². The molecule has 0 saturated heterocycles. The van der Waals surface area contributed by atoms with Crippen molar-refractivity contribution >= 4 is 6.29 Å². The SMILES string of the molecule is COc1ccccc1-c1nn(C(C)(C)C)cc1C=O. The smallest absolute Gasteiger partial charge is 0.153 e. The van der Waals surface area contributed by atoms with Crippen molar-refractivity contribution in [3.8, 4) is 17.0 Å². The number of methoxy groups -OCH3 is 1. The molecule has 0 bridgehead atoms. The van der Waals surface area contributed by atoms with Crippen LogP contribution in [0.1, 0.15) is 31.1 Å². The Kier molecular flexibility index (Phi) is 3.42. The summed E-state index contributed by atoms with van der Waals surface area (Å²) in [4.78, 5) is 11.2. The number of ether oxygens (including phenoxy) is 1. The summed E-state index contributed by atoms with van der Waals surface area (Å²) in [5.41, 5.74) is 1.88. The fourth-order valence-corrected chi connectivity index (χ4v) is 1.87. The van der Waals surface area contributed by atoms with Gasteiger partial charge in [0, 0.05) is 11.8 Å². The van der Waals surface area contributed by atoms with E-state index in [1.165, 1.54) is 0 Å². The summed E-state index contributed by atoms with van der Waals surface area (Å²) in [6, 6.07) is 7.56. The predicted octanol–water partition coefficient (Wildman–Crippen LogP) is 3.13. The van der Waals surface area contributed by atoms with Gasteiger partial charge in [-0.25, -0.2) is 0 Å². The summed E-state index contributed by atoms with van der Waals surface area (Å²) in [6.45, 7) is 6.13. The topological polar surface area (TPSA) is 44.1 Å². The first-order valence-corrected chi connectivity index (χ1v) is 6.16. The van der Waals surface area contributed by atoms with E-state index < -0.39 is 0 Å². The van der Waals surface area contributed by atoms with Crippen molar-refractivity contribution in [1.29, 1.82) is 0 Å². The second kappa shape index (κ2) is 4.88. The average molecular weight is 258 g/mol. The number of aromatic nitrogens is 2. The van der Waals surface area contributed by atoms with Gasteiger partial charge in [-0.1, -0.05) is 12.1 Å². The van der Waals surface area contributed by atoms with Crippen LogP contribution in [0.25, 0.3) is 11.3 Å². The van der Waals surface area contributed by atoms with E-state index >= 15 is 0 Å². The third-order valence-corrected chi connectivity index (χ3v) is 2.92. The van der Waals surface area contributed by atoms with Crippen LogP contribution in [-0.2, 0) is 5.54 Å². The van der Waals surface area contributed by atoms with E-state index in [2.05, 4.69) is 5.10 Å². The van der Waals surface area contributed by atoms with Crippen LogP contribution in [0.15, 0.2) is 30.5 Å². The molecule has 0 saturated carbocycles. The van der Waals surface area contributed by atoms with Gasteiger partial charge in [-0.2, -0.15) is 5.10 Å². The molecule has 0 atom stereocenters. The Balaban J connectivity index is 2.61. The highest BCUT2D eigenvalue weighted by molar-refractivity contribution is 5.87. The highest BCUT2D eigenvalue weighted by Gasteiger charge is 2.20. The van der Waals surface area contributed by atoms with Gasteiger partial charge in [0.2, 0.25) is 0 Å². The van der Waals surface area contributed by atoms with Gasteiger partial charge in [0.15, 0.2) is 6.29 Å². The summed E-state index contributed by atoms with van der Waals surface area (Å²) in [6.07, 6.45) is 2.60. The van der Waals surface area contributed by atoms with E-state index in [4.69, 9.17) is 4.74 Å². The van der Waals surface area contributed by atoms with Crippen LogP contribution >= 0.6 is 0 Å². The number of rotatable bonds is 3. The van der Waals surface area contributed by atoms with E-state index in [0.717, 1.165) is 11.8 Å². The van der Waals surface area contributed by atoms with Gasteiger partial charge in [0.1, 0.15) is 11.4 Å². The maximum atomic E-state index is 11.2. The molecule has 2 rings (SSSR count). The van der Waals surface area contributed by atoms with Crippen LogP contribution in [0.3, 0.4) is 0 Å². The molecule has 0 aliphatic rings. The quantitative estimate of drug-likeness (QED) is 0.794. The van der Waals surface area contributed by atoms with Gasteiger partial charge in [-0.3, -0.25) is 9.48 Å². The molecule has 0 amide bonds. The van der Waals surface area contributed by atoms with Crippen LogP contribution < -0.4 is 4.74 Å². The molecule has 0 aliphatic carbocycles. The standard InChI is InChI=1S/C15H18N2O2/c1-15(2,3)17-9-11(10-18)14(16-17)12-7-5-6-8-13(12)19-4/h5-10H,1-4H3. The van der Waals surface area contributed by atoms with Crippen molar-refractivity contribution < 1.29 is 9.53 Å². The van der Waals surface area contributed by atoms with Crippen molar-refractivity contribution in [3.63, 3.8) is 0 Å². The van der Waals surface area contributed by atoms with Gasteiger partial charge >= 0.3 is 0 Å². The van der Waals surface area contributed by atoms with Gasteiger partial charge in [0.25, 0.3) is 0 Å². The Morgan fingerprint density at radius 3 is 2.53 bits per heavy atom. The minimum atomic E-state index is -0.169. The summed E-state index contributed by atoms with van der Waals surface area (Å²) in [5, 5.41) is 4.54. The molecule has 2 aromatic rings. The number of carbonyl (C=O) groups excluding carboxylic acids is 1. The molecule has 4 nitrogen and oxygen atoms in total. The minimum absolute atomic E-state index is 0.169. The third kappa shape index (κ3) is 2.52. The molecule has 0 spiro atoms. The number of nitrogens with zero attached hydrogens (tertiary/aromatic N) is 2. The molecule has 1 heterocycles. The molecular formula is C15H18N2O2. The number of hydrogen-bond acceptors (Lipinski definition) is 3. The third-order valence-electron chi connectivity index (χ3n) is 2.92. The van der Waals surface area contributed by atoms with Gasteiger partial charge in [-0.05, 0) is 32.9 Å². The number of hydrogen-bond donors (Lipinski definition) is 0. The summed E-state index contributed by atoms with van der Waals surface area (Å²) in [7, 11) is 1.61. The molecule has 19 heavy (non-hydrogen) atoms. The molecule has 0 aliphatic heterocycles. The van der Waals surface area contributed by atoms with E-state index in [9.17, 15) is 4.79 Å². The van der Waals surface area contributed by atoms with E-state index in [0.29, 0.717) is 17.0 Å². The Morgan fingerprint density at radius 2 is 1.95 bits per heavy atom. The zero-order chi connectivity index (χ0) is 14.0. The average Bonchev–Trinajstić information content (AvgIpc) is 2.82. The molecular weight excluding hydrogens is 240 g/mol. The molecule has 1 aromatic heterocycles. The summed E-state index contributed by atoms with van der Waals surface area (Å²) < 4.78 is 7.13. The van der Waals surface area contributed by atoms with Crippen molar-refractivity contribution in [1.82, 2.24) is 9.78 Å². The molecule has 4 heteroatoms. The summed E-state index contributed by atoms with van der Waals surface area (Å²) >= 11 is 0. The van der Waals surface area contributed by atoms with Crippen molar-refractivity contribution in [3.05, 3.63) is 36.0 Å². The highest BCUT2D eigenvalue weighted by atomic mass is 16.5.